The second-order valence-corrected chi connectivity index (χ2v) is 6.23. The maximum Gasteiger partial charge on any atom is 0.355 e. The molecule has 5 nitrogen and oxygen atoms in total. The van der Waals surface area contributed by atoms with Gasteiger partial charge in [-0.15, -0.1) is 11.8 Å². The van der Waals surface area contributed by atoms with E-state index in [-0.39, 0.29) is 17.9 Å². The lowest BCUT2D eigenvalue weighted by atomic mass is 10.0. The molecule has 2 aliphatic rings. The predicted molar refractivity (Wildman–Crippen MR) is 80.0 cm³/mol. The first-order chi connectivity index (χ1) is 10.1. The summed E-state index contributed by atoms with van der Waals surface area (Å²) in [6.07, 6.45) is 0. The van der Waals surface area contributed by atoms with E-state index in [4.69, 9.17) is 10.5 Å². The molecule has 21 heavy (non-hydrogen) atoms. The number of benzene rings is 1. The van der Waals surface area contributed by atoms with Crippen LogP contribution in [0.4, 0.5) is 0 Å². The van der Waals surface area contributed by atoms with Gasteiger partial charge in [0.25, 0.3) is 0 Å². The quantitative estimate of drug-likeness (QED) is 0.672. The third kappa shape index (κ3) is 2.45. The van der Waals surface area contributed by atoms with Crippen molar-refractivity contribution >= 4 is 23.6 Å². The largest absolute Gasteiger partial charge is 0.456 e. The molecule has 1 aromatic carbocycles. The molecule has 0 aliphatic carbocycles. The normalized spacial score (nSPS) is 24.5. The van der Waals surface area contributed by atoms with Crippen molar-refractivity contribution in [3.05, 3.63) is 47.2 Å². The fourth-order valence-corrected chi connectivity index (χ4v) is 3.69. The third-order valence-corrected chi connectivity index (χ3v) is 5.05. The fourth-order valence-electron chi connectivity index (χ4n) is 2.45. The number of rotatable bonds is 3. The Labute approximate surface area is 127 Å². The van der Waals surface area contributed by atoms with Gasteiger partial charge in [0.2, 0.25) is 5.91 Å². The SMILES string of the molecule is CC1=C(C(=O)OCc2ccccc2)N2C(=O)[C@H](N)[C@@H]2SC1. The van der Waals surface area contributed by atoms with Gasteiger partial charge in [0.05, 0.1) is 0 Å². The highest BCUT2D eigenvalue weighted by molar-refractivity contribution is 8.00. The Bertz CT molecular complexity index is 615. The predicted octanol–water partition coefficient (Wildman–Crippen LogP) is 1.25. The van der Waals surface area contributed by atoms with Crippen molar-refractivity contribution in [2.45, 2.75) is 24.9 Å². The lowest BCUT2D eigenvalue weighted by molar-refractivity contribution is -0.151. The standard InChI is InChI=1S/C15H16N2O3S/c1-9-8-21-14-11(16)13(18)17(14)12(9)15(19)20-7-10-5-3-2-4-6-10/h2-6,11,14H,7-8,16H2,1H3/t11-,14-/m0/s1. The van der Waals surface area contributed by atoms with E-state index in [2.05, 4.69) is 0 Å². The minimum Gasteiger partial charge on any atom is -0.456 e. The number of ether oxygens (including phenoxy) is 1. The van der Waals surface area contributed by atoms with E-state index in [1.807, 2.05) is 37.3 Å². The number of β-lactam (4-membered cyclic amide) rings is 1. The Balaban J connectivity index is 1.73. The van der Waals surface area contributed by atoms with Crippen LogP contribution in [0.2, 0.25) is 0 Å². The maximum absolute atomic E-state index is 12.3. The summed E-state index contributed by atoms with van der Waals surface area (Å²) in [7, 11) is 0. The Morgan fingerprint density at radius 3 is 2.86 bits per heavy atom. The van der Waals surface area contributed by atoms with Gasteiger partial charge in [0, 0.05) is 5.75 Å². The molecule has 0 spiro atoms. The number of hydrogen-bond donors (Lipinski definition) is 1. The number of hydrogen-bond acceptors (Lipinski definition) is 5. The summed E-state index contributed by atoms with van der Waals surface area (Å²) in [5.41, 5.74) is 7.90. The molecule has 110 valence electrons. The molecule has 3 rings (SSSR count). The maximum atomic E-state index is 12.3. The number of fused-ring (bicyclic) bond motifs is 1. The monoisotopic (exact) mass is 304 g/mol. The summed E-state index contributed by atoms with van der Waals surface area (Å²) in [6, 6.07) is 8.94. The van der Waals surface area contributed by atoms with Gasteiger partial charge in [-0.3, -0.25) is 9.69 Å². The van der Waals surface area contributed by atoms with Crippen LogP contribution in [0.25, 0.3) is 0 Å². The molecule has 2 atom stereocenters. The zero-order chi connectivity index (χ0) is 15.0. The number of esters is 1. The van der Waals surface area contributed by atoms with Crippen LogP contribution in [0.15, 0.2) is 41.6 Å². The van der Waals surface area contributed by atoms with Crippen molar-refractivity contribution in [2.75, 3.05) is 5.75 Å². The van der Waals surface area contributed by atoms with Crippen molar-refractivity contribution in [1.82, 2.24) is 4.90 Å². The van der Waals surface area contributed by atoms with Crippen LogP contribution in [0.3, 0.4) is 0 Å². The molecule has 0 radical (unpaired) electrons. The number of thioether (sulfide) groups is 1. The number of carbonyl (C=O) groups is 2. The molecule has 2 aliphatic heterocycles. The van der Waals surface area contributed by atoms with E-state index in [1.54, 1.807) is 11.8 Å². The molecule has 1 amide bonds. The zero-order valence-corrected chi connectivity index (χ0v) is 12.4. The zero-order valence-electron chi connectivity index (χ0n) is 11.6. The van der Waals surface area contributed by atoms with Gasteiger partial charge in [0.15, 0.2) is 0 Å². The summed E-state index contributed by atoms with van der Waals surface area (Å²) in [6.45, 7) is 2.04. The van der Waals surface area contributed by atoms with Crippen LogP contribution in [0, 0.1) is 0 Å². The molecule has 0 aromatic heterocycles. The topological polar surface area (TPSA) is 72.6 Å². The summed E-state index contributed by atoms with van der Waals surface area (Å²) in [5.74, 6) is 0.0258. The minimum atomic E-state index is -0.514. The lowest BCUT2D eigenvalue weighted by Crippen LogP contribution is -2.68. The molecule has 6 heteroatoms. The fraction of sp³-hybridized carbons (Fsp3) is 0.333. The molecule has 0 bridgehead atoms. The minimum absolute atomic E-state index is 0.138. The summed E-state index contributed by atoms with van der Waals surface area (Å²) < 4.78 is 5.33. The average Bonchev–Trinajstić information content (AvgIpc) is 2.52. The Kier molecular flexibility index (Phi) is 3.73. The highest BCUT2D eigenvalue weighted by Crippen LogP contribution is 2.39. The van der Waals surface area contributed by atoms with Crippen LogP contribution >= 0.6 is 11.8 Å². The van der Waals surface area contributed by atoms with Crippen molar-refractivity contribution in [2.24, 2.45) is 5.73 Å². The number of nitrogens with two attached hydrogens (primary N) is 1. The molecule has 0 saturated carbocycles. The van der Waals surface area contributed by atoms with Crippen LogP contribution in [-0.2, 0) is 20.9 Å². The van der Waals surface area contributed by atoms with E-state index in [9.17, 15) is 9.59 Å². The number of nitrogens with zero attached hydrogens (tertiary/aromatic N) is 1. The summed E-state index contributed by atoms with van der Waals surface area (Å²) in [4.78, 5) is 25.6. The number of amides is 1. The molecule has 0 unspecified atom stereocenters. The van der Waals surface area contributed by atoms with E-state index in [0.717, 1.165) is 11.1 Å². The molecule has 1 aromatic rings. The van der Waals surface area contributed by atoms with Crippen LogP contribution in [-0.4, -0.2) is 33.9 Å². The van der Waals surface area contributed by atoms with Crippen LogP contribution in [0.1, 0.15) is 12.5 Å². The van der Waals surface area contributed by atoms with Crippen LogP contribution < -0.4 is 5.73 Å². The highest BCUT2D eigenvalue weighted by Gasteiger charge is 2.51. The number of carbonyl (C=O) groups excluding carboxylic acids is 2. The Morgan fingerprint density at radius 1 is 1.43 bits per heavy atom. The second kappa shape index (κ2) is 5.54. The van der Waals surface area contributed by atoms with Gasteiger partial charge in [-0.05, 0) is 18.1 Å². The highest BCUT2D eigenvalue weighted by atomic mass is 32.2. The molecule has 2 heterocycles. The molecule has 2 N–H and O–H groups in total. The van der Waals surface area contributed by atoms with Crippen molar-refractivity contribution in [1.29, 1.82) is 0 Å². The summed E-state index contributed by atoms with van der Waals surface area (Å²) in [5, 5.41) is -0.138. The lowest BCUT2D eigenvalue weighted by Gasteiger charge is -2.48. The van der Waals surface area contributed by atoms with Crippen LogP contribution in [0.5, 0.6) is 0 Å². The molecule has 1 saturated heterocycles. The van der Waals surface area contributed by atoms with Crippen molar-refractivity contribution in [3.8, 4) is 0 Å². The first-order valence-electron chi connectivity index (χ1n) is 6.70. The van der Waals surface area contributed by atoms with Gasteiger partial charge >= 0.3 is 5.97 Å². The van der Waals surface area contributed by atoms with Gasteiger partial charge in [-0.25, -0.2) is 4.79 Å². The first-order valence-corrected chi connectivity index (χ1v) is 7.75. The first kappa shape index (κ1) is 14.2. The van der Waals surface area contributed by atoms with E-state index in [1.165, 1.54) is 4.90 Å². The smallest absolute Gasteiger partial charge is 0.355 e. The molecular weight excluding hydrogens is 288 g/mol. The third-order valence-electron chi connectivity index (χ3n) is 3.61. The average molecular weight is 304 g/mol. The Hall–Kier alpha value is -1.79. The van der Waals surface area contributed by atoms with E-state index < -0.39 is 12.0 Å². The Morgan fingerprint density at radius 2 is 2.14 bits per heavy atom. The molecule has 1 fully saturated rings. The van der Waals surface area contributed by atoms with E-state index in [0.29, 0.717) is 11.4 Å². The van der Waals surface area contributed by atoms with E-state index >= 15 is 0 Å². The van der Waals surface area contributed by atoms with Gasteiger partial charge < -0.3 is 10.5 Å². The molecular formula is C15H16N2O3S. The van der Waals surface area contributed by atoms with Crippen molar-refractivity contribution < 1.29 is 14.3 Å². The second-order valence-electron chi connectivity index (χ2n) is 5.13. The van der Waals surface area contributed by atoms with Gasteiger partial charge in [-0.1, -0.05) is 30.3 Å². The summed E-state index contributed by atoms with van der Waals surface area (Å²) >= 11 is 1.58. The van der Waals surface area contributed by atoms with Gasteiger partial charge in [0.1, 0.15) is 23.7 Å². The van der Waals surface area contributed by atoms with Gasteiger partial charge in [-0.2, -0.15) is 0 Å². The van der Waals surface area contributed by atoms with Crippen molar-refractivity contribution in [3.63, 3.8) is 0 Å².